The second-order valence-corrected chi connectivity index (χ2v) is 5.56. The molecule has 2 aromatic heterocycles. The highest BCUT2D eigenvalue weighted by Gasteiger charge is 2.08. The number of nitrogens with one attached hydrogen (secondary N) is 1. The van der Waals surface area contributed by atoms with Crippen molar-refractivity contribution in [3.63, 3.8) is 0 Å². The Morgan fingerprint density at radius 2 is 2.04 bits per heavy atom. The molecule has 7 nitrogen and oxygen atoms in total. The third-order valence-electron chi connectivity index (χ3n) is 3.86. The molecule has 0 aliphatic carbocycles. The Labute approximate surface area is 140 Å². The number of hydrogen-bond donors (Lipinski definition) is 1. The maximum atomic E-state index is 12.0. The molecule has 0 unspecified atom stereocenters. The molecule has 3 aromatic rings. The summed E-state index contributed by atoms with van der Waals surface area (Å²) in [6.07, 6.45) is 6.07. The number of nitrogens with zero attached hydrogens (tertiary/aromatic N) is 5. The summed E-state index contributed by atoms with van der Waals surface area (Å²) in [5, 5.41) is 10.9. The molecule has 0 spiro atoms. The standard InChI is InChI=1S/C17H20N6O/c1-14-18-8-10-22(14)12-17(24)19-11-16-21-20-13-23(16)9-7-15-5-3-2-4-6-15/h2-6,8,10,13H,7,9,11-12H2,1H3,(H,19,24). The van der Waals surface area contributed by atoms with Crippen molar-refractivity contribution in [1.29, 1.82) is 0 Å². The van der Waals surface area contributed by atoms with E-state index >= 15 is 0 Å². The van der Waals surface area contributed by atoms with Crippen molar-refractivity contribution in [2.24, 2.45) is 0 Å². The van der Waals surface area contributed by atoms with Crippen LogP contribution in [-0.2, 0) is 30.8 Å². The number of benzene rings is 1. The van der Waals surface area contributed by atoms with Gasteiger partial charge in [-0.2, -0.15) is 0 Å². The van der Waals surface area contributed by atoms with E-state index in [0.717, 1.165) is 24.6 Å². The predicted octanol–water partition coefficient (Wildman–Crippen LogP) is 1.34. The summed E-state index contributed by atoms with van der Waals surface area (Å²) in [5.41, 5.74) is 1.26. The number of rotatable bonds is 7. The fourth-order valence-corrected chi connectivity index (χ4v) is 2.46. The molecule has 24 heavy (non-hydrogen) atoms. The second kappa shape index (κ2) is 7.54. The van der Waals surface area contributed by atoms with Gasteiger partial charge in [0.1, 0.15) is 18.7 Å². The van der Waals surface area contributed by atoms with Crippen LogP contribution in [0, 0.1) is 6.92 Å². The van der Waals surface area contributed by atoms with Gasteiger partial charge in [-0.05, 0) is 18.9 Å². The number of amides is 1. The first-order valence-corrected chi connectivity index (χ1v) is 7.87. The molecule has 1 N–H and O–H groups in total. The van der Waals surface area contributed by atoms with Crippen LogP contribution >= 0.6 is 0 Å². The fourth-order valence-electron chi connectivity index (χ4n) is 2.46. The molecule has 3 rings (SSSR count). The van der Waals surface area contributed by atoms with Crippen molar-refractivity contribution in [3.8, 4) is 0 Å². The largest absolute Gasteiger partial charge is 0.347 e. The van der Waals surface area contributed by atoms with Crippen LogP contribution < -0.4 is 5.32 Å². The number of carbonyl (C=O) groups excluding carboxylic acids is 1. The van der Waals surface area contributed by atoms with E-state index in [1.807, 2.05) is 29.7 Å². The molecule has 0 saturated carbocycles. The van der Waals surface area contributed by atoms with Crippen molar-refractivity contribution in [2.45, 2.75) is 33.0 Å². The van der Waals surface area contributed by atoms with E-state index < -0.39 is 0 Å². The molecule has 1 amide bonds. The van der Waals surface area contributed by atoms with Crippen LogP contribution in [0.4, 0.5) is 0 Å². The van der Waals surface area contributed by atoms with E-state index in [2.05, 4.69) is 32.6 Å². The van der Waals surface area contributed by atoms with Gasteiger partial charge in [-0.25, -0.2) is 4.98 Å². The van der Waals surface area contributed by atoms with Crippen molar-refractivity contribution in [2.75, 3.05) is 0 Å². The summed E-state index contributed by atoms with van der Waals surface area (Å²) < 4.78 is 3.77. The summed E-state index contributed by atoms with van der Waals surface area (Å²) in [7, 11) is 0. The molecular formula is C17H20N6O. The van der Waals surface area contributed by atoms with Gasteiger partial charge in [0.2, 0.25) is 5.91 Å². The Hall–Kier alpha value is -2.96. The molecule has 0 radical (unpaired) electrons. The molecule has 7 heteroatoms. The number of imidazole rings is 1. The van der Waals surface area contributed by atoms with Gasteiger partial charge >= 0.3 is 0 Å². The van der Waals surface area contributed by atoms with E-state index in [1.54, 1.807) is 23.3 Å². The highest BCUT2D eigenvalue weighted by Crippen LogP contribution is 2.03. The summed E-state index contributed by atoms with van der Waals surface area (Å²) >= 11 is 0. The molecule has 0 saturated heterocycles. The van der Waals surface area contributed by atoms with Crippen LogP contribution in [0.25, 0.3) is 0 Å². The van der Waals surface area contributed by atoms with Crippen LogP contribution in [0.3, 0.4) is 0 Å². The number of hydrogen-bond acceptors (Lipinski definition) is 4. The third kappa shape index (κ3) is 4.07. The van der Waals surface area contributed by atoms with E-state index in [9.17, 15) is 4.79 Å². The average molecular weight is 324 g/mol. The Balaban J connectivity index is 1.52. The van der Waals surface area contributed by atoms with Crippen molar-refractivity contribution >= 4 is 5.91 Å². The summed E-state index contributed by atoms with van der Waals surface area (Å²) in [5.74, 6) is 1.49. The quantitative estimate of drug-likeness (QED) is 0.711. The lowest BCUT2D eigenvalue weighted by molar-refractivity contribution is -0.121. The molecular weight excluding hydrogens is 304 g/mol. The summed E-state index contributed by atoms with van der Waals surface area (Å²) in [6, 6.07) is 10.3. The monoisotopic (exact) mass is 324 g/mol. The SMILES string of the molecule is Cc1nccn1CC(=O)NCc1nncn1CCc1ccccc1. The topological polar surface area (TPSA) is 77.6 Å². The molecule has 1 aromatic carbocycles. The van der Waals surface area contributed by atoms with Crippen molar-refractivity contribution in [1.82, 2.24) is 29.6 Å². The lowest BCUT2D eigenvalue weighted by Gasteiger charge is -2.09. The minimum absolute atomic E-state index is 0.0753. The van der Waals surface area contributed by atoms with Crippen molar-refractivity contribution < 1.29 is 4.79 Å². The van der Waals surface area contributed by atoms with Gasteiger partial charge in [0.15, 0.2) is 5.82 Å². The number of aromatic nitrogens is 5. The van der Waals surface area contributed by atoms with Gasteiger partial charge < -0.3 is 14.5 Å². The van der Waals surface area contributed by atoms with Crippen molar-refractivity contribution in [3.05, 3.63) is 66.3 Å². The minimum atomic E-state index is -0.0753. The maximum absolute atomic E-state index is 12.0. The van der Waals surface area contributed by atoms with Gasteiger partial charge in [0, 0.05) is 18.9 Å². The Bertz CT molecular complexity index is 792. The predicted molar refractivity (Wildman–Crippen MR) is 89.0 cm³/mol. The zero-order valence-electron chi connectivity index (χ0n) is 13.6. The molecule has 124 valence electrons. The fraction of sp³-hybridized carbons (Fsp3) is 0.294. The minimum Gasteiger partial charge on any atom is -0.347 e. The normalized spacial score (nSPS) is 10.7. The lowest BCUT2D eigenvalue weighted by Crippen LogP contribution is -2.28. The van der Waals surface area contributed by atoms with Crippen LogP contribution in [0.15, 0.2) is 49.1 Å². The molecule has 0 aliphatic heterocycles. The van der Waals surface area contributed by atoms with E-state index in [-0.39, 0.29) is 12.5 Å². The second-order valence-electron chi connectivity index (χ2n) is 5.56. The van der Waals surface area contributed by atoms with Crippen LogP contribution in [0.1, 0.15) is 17.2 Å². The molecule has 0 fully saturated rings. The van der Waals surface area contributed by atoms with Crippen LogP contribution in [-0.4, -0.2) is 30.2 Å². The lowest BCUT2D eigenvalue weighted by atomic mass is 10.1. The number of carbonyl (C=O) groups is 1. The Morgan fingerprint density at radius 3 is 2.79 bits per heavy atom. The first-order chi connectivity index (χ1) is 11.7. The maximum Gasteiger partial charge on any atom is 0.240 e. The molecule has 0 atom stereocenters. The zero-order valence-corrected chi connectivity index (χ0v) is 13.6. The highest BCUT2D eigenvalue weighted by molar-refractivity contribution is 5.75. The molecule has 0 aliphatic rings. The molecule has 2 heterocycles. The van der Waals surface area contributed by atoms with E-state index in [1.165, 1.54) is 5.56 Å². The van der Waals surface area contributed by atoms with Gasteiger partial charge in [0.05, 0.1) is 6.54 Å². The third-order valence-corrected chi connectivity index (χ3v) is 3.86. The van der Waals surface area contributed by atoms with Crippen LogP contribution in [0.5, 0.6) is 0 Å². The van der Waals surface area contributed by atoms with E-state index in [0.29, 0.717) is 6.54 Å². The van der Waals surface area contributed by atoms with Crippen LogP contribution in [0.2, 0.25) is 0 Å². The smallest absolute Gasteiger partial charge is 0.240 e. The van der Waals surface area contributed by atoms with Gasteiger partial charge in [-0.3, -0.25) is 4.79 Å². The molecule has 0 bridgehead atoms. The van der Waals surface area contributed by atoms with Gasteiger partial charge in [0.25, 0.3) is 0 Å². The van der Waals surface area contributed by atoms with E-state index in [4.69, 9.17) is 0 Å². The summed E-state index contributed by atoms with van der Waals surface area (Å²) in [6.45, 7) is 3.27. The Kier molecular flexibility index (Phi) is 5.00. The van der Waals surface area contributed by atoms with Gasteiger partial charge in [-0.15, -0.1) is 10.2 Å². The number of aryl methyl sites for hydroxylation is 3. The highest BCUT2D eigenvalue weighted by atomic mass is 16.1. The Morgan fingerprint density at radius 1 is 1.21 bits per heavy atom. The first-order valence-electron chi connectivity index (χ1n) is 7.87. The average Bonchev–Trinajstić information content (AvgIpc) is 3.21. The zero-order chi connectivity index (χ0) is 16.8. The first kappa shape index (κ1) is 15.9. The summed E-state index contributed by atoms with van der Waals surface area (Å²) in [4.78, 5) is 16.1. The van der Waals surface area contributed by atoms with Gasteiger partial charge in [-0.1, -0.05) is 30.3 Å².